The van der Waals surface area contributed by atoms with Crippen LogP contribution in [0.25, 0.3) is 10.1 Å². The molecule has 16 heavy (non-hydrogen) atoms. The van der Waals surface area contributed by atoms with Crippen molar-refractivity contribution in [2.24, 2.45) is 0 Å². The molecule has 2 aromatic rings. The largest absolute Gasteiger partial charge is 0.369 e. The average molecular weight is 232 g/mol. The van der Waals surface area contributed by atoms with Crippen molar-refractivity contribution in [1.29, 1.82) is 0 Å². The number of benzene rings is 1. The lowest BCUT2D eigenvalue weighted by Crippen LogP contribution is -2.49. The van der Waals surface area contributed by atoms with Gasteiger partial charge in [0.1, 0.15) is 0 Å². The lowest BCUT2D eigenvalue weighted by atomic mass is 10.2. The van der Waals surface area contributed by atoms with E-state index in [2.05, 4.69) is 46.8 Å². The number of thiophene rings is 1. The van der Waals surface area contributed by atoms with Crippen molar-refractivity contribution in [2.45, 2.75) is 13.0 Å². The highest BCUT2D eigenvalue weighted by Crippen LogP contribution is 2.26. The molecular formula is C13H16N2S. The van der Waals surface area contributed by atoms with Gasteiger partial charge in [0.15, 0.2) is 0 Å². The maximum absolute atomic E-state index is 3.47. The van der Waals surface area contributed by atoms with Crippen molar-refractivity contribution < 1.29 is 0 Å². The van der Waals surface area contributed by atoms with Crippen LogP contribution in [-0.4, -0.2) is 25.7 Å². The van der Waals surface area contributed by atoms with Crippen LogP contribution in [0.15, 0.2) is 29.6 Å². The third-order valence-electron chi connectivity index (χ3n) is 3.17. The molecule has 3 rings (SSSR count). The Morgan fingerprint density at radius 3 is 3.19 bits per heavy atom. The number of piperazine rings is 1. The standard InChI is InChI=1S/C13H16N2S/c1-10-9-15(6-5-14-10)12-2-3-13-11(8-12)4-7-16-13/h2-4,7-8,10,14H,5-6,9H2,1H3. The molecule has 0 spiro atoms. The maximum atomic E-state index is 3.47. The van der Waals surface area contributed by atoms with Crippen molar-refractivity contribution in [3.05, 3.63) is 29.6 Å². The Bertz CT molecular complexity index is 491. The Hall–Kier alpha value is -1.06. The van der Waals surface area contributed by atoms with Gasteiger partial charge >= 0.3 is 0 Å². The predicted octanol–water partition coefficient (Wildman–Crippen LogP) is 2.70. The lowest BCUT2D eigenvalue weighted by Gasteiger charge is -2.33. The van der Waals surface area contributed by atoms with E-state index in [9.17, 15) is 0 Å². The molecule has 1 aromatic heterocycles. The molecule has 1 aliphatic rings. The molecule has 0 bridgehead atoms. The summed E-state index contributed by atoms with van der Waals surface area (Å²) in [5.41, 5.74) is 1.36. The average Bonchev–Trinajstić information content (AvgIpc) is 2.75. The number of hydrogen-bond acceptors (Lipinski definition) is 3. The minimum atomic E-state index is 0.590. The topological polar surface area (TPSA) is 15.3 Å². The van der Waals surface area contributed by atoms with Gasteiger partial charge in [0.25, 0.3) is 0 Å². The molecule has 0 radical (unpaired) electrons. The van der Waals surface area contributed by atoms with E-state index in [1.54, 1.807) is 0 Å². The molecule has 1 aromatic carbocycles. The summed E-state index contributed by atoms with van der Waals surface area (Å²) in [7, 11) is 0. The van der Waals surface area contributed by atoms with Crippen LogP contribution in [0.3, 0.4) is 0 Å². The zero-order valence-corrected chi connectivity index (χ0v) is 10.3. The number of rotatable bonds is 1. The zero-order valence-electron chi connectivity index (χ0n) is 9.44. The second-order valence-corrected chi connectivity index (χ2v) is 5.39. The molecule has 0 aliphatic carbocycles. The van der Waals surface area contributed by atoms with E-state index in [4.69, 9.17) is 0 Å². The van der Waals surface area contributed by atoms with Gasteiger partial charge in [-0.2, -0.15) is 0 Å². The van der Waals surface area contributed by atoms with Gasteiger partial charge in [0, 0.05) is 36.1 Å². The van der Waals surface area contributed by atoms with Crippen molar-refractivity contribution in [3.8, 4) is 0 Å². The van der Waals surface area contributed by atoms with E-state index in [0.717, 1.165) is 19.6 Å². The molecular weight excluding hydrogens is 216 g/mol. The fraction of sp³-hybridized carbons (Fsp3) is 0.385. The van der Waals surface area contributed by atoms with Crippen LogP contribution < -0.4 is 10.2 Å². The van der Waals surface area contributed by atoms with Gasteiger partial charge in [-0.3, -0.25) is 0 Å². The Labute approximate surface area is 99.9 Å². The fourth-order valence-corrected chi connectivity index (χ4v) is 3.09. The molecule has 2 heterocycles. The molecule has 3 heteroatoms. The number of hydrogen-bond donors (Lipinski definition) is 1. The summed E-state index contributed by atoms with van der Waals surface area (Å²) in [5.74, 6) is 0. The molecule has 2 nitrogen and oxygen atoms in total. The van der Waals surface area contributed by atoms with Gasteiger partial charge in [-0.25, -0.2) is 0 Å². The Kier molecular flexibility index (Phi) is 2.58. The molecule has 1 unspecified atom stereocenters. The molecule has 1 fully saturated rings. The normalized spacial score (nSPS) is 21.6. The fourth-order valence-electron chi connectivity index (χ4n) is 2.32. The quantitative estimate of drug-likeness (QED) is 0.813. The molecule has 0 amide bonds. The van der Waals surface area contributed by atoms with Gasteiger partial charge in [0.2, 0.25) is 0 Å². The highest BCUT2D eigenvalue weighted by molar-refractivity contribution is 7.17. The van der Waals surface area contributed by atoms with E-state index in [1.165, 1.54) is 15.8 Å². The number of fused-ring (bicyclic) bond motifs is 1. The van der Waals surface area contributed by atoms with Gasteiger partial charge < -0.3 is 10.2 Å². The monoisotopic (exact) mass is 232 g/mol. The SMILES string of the molecule is CC1CN(c2ccc3sccc3c2)CCN1. The number of nitrogens with one attached hydrogen (secondary N) is 1. The first kappa shape index (κ1) is 10.1. The summed E-state index contributed by atoms with van der Waals surface area (Å²) in [6.45, 7) is 5.55. The second-order valence-electron chi connectivity index (χ2n) is 4.44. The summed E-state index contributed by atoms with van der Waals surface area (Å²) in [6.07, 6.45) is 0. The molecule has 1 atom stereocenters. The minimum absolute atomic E-state index is 0.590. The molecule has 1 aliphatic heterocycles. The Balaban J connectivity index is 1.92. The van der Waals surface area contributed by atoms with Crippen molar-refractivity contribution in [1.82, 2.24) is 5.32 Å². The van der Waals surface area contributed by atoms with E-state index in [-0.39, 0.29) is 0 Å². The highest BCUT2D eigenvalue weighted by Gasteiger charge is 2.15. The van der Waals surface area contributed by atoms with Gasteiger partial charge in [-0.05, 0) is 42.0 Å². The van der Waals surface area contributed by atoms with Crippen LogP contribution in [0.1, 0.15) is 6.92 Å². The van der Waals surface area contributed by atoms with E-state index >= 15 is 0 Å². The van der Waals surface area contributed by atoms with Gasteiger partial charge in [0.05, 0.1) is 0 Å². The van der Waals surface area contributed by atoms with Crippen LogP contribution >= 0.6 is 11.3 Å². The van der Waals surface area contributed by atoms with Gasteiger partial charge in [-0.15, -0.1) is 11.3 Å². The molecule has 84 valence electrons. The first-order valence-corrected chi connectivity index (χ1v) is 6.66. The van der Waals surface area contributed by atoms with Crippen molar-refractivity contribution in [3.63, 3.8) is 0 Å². The van der Waals surface area contributed by atoms with Crippen LogP contribution in [0, 0.1) is 0 Å². The summed E-state index contributed by atoms with van der Waals surface area (Å²) >= 11 is 1.81. The number of anilines is 1. The summed E-state index contributed by atoms with van der Waals surface area (Å²) in [4.78, 5) is 2.47. The van der Waals surface area contributed by atoms with Crippen LogP contribution in [0.2, 0.25) is 0 Å². The summed E-state index contributed by atoms with van der Waals surface area (Å²) < 4.78 is 1.38. The van der Waals surface area contributed by atoms with Crippen LogP contribution in [0.4, 0.5) is 5.69 Å². The van der Waals surface area contributed by atoms with Crippen LogP contribution in [-0.2, 0) is 0 Å². The maximum Gasteiger partial charge on any atom is 0.0374 e. The first-order chi connectivity index (χ1) is 7.83. The lowest BCUT2D eigenvalue weighted by molar-refractivity contribution is 0.485. The van der Waals surface area contributed by atoms with E-state index < -0.39 is 0 Å². The third kappa shape index (κ3) is 1.81. The van der Waals surface area contributed by atoms with Crippen LogP contribution in [0.5, 0.6) is 0 Å². The summed E-state index contributed by atoms with van der Waals surface area (Å²) in [5, 5.41) is 7.00. The highest BCUT2D eigenvalue weighted by atomic mass is 32.1. The van der Waals surface area contributed by atoms with Crippen molar-refractivity contribution >= 4 is 27.1 Å². The molecule has 0 saturated carbocycles. The molecule has 1 N–H and O–H groups in total. The smallest absolute Gasteiger partial charge is 0.0374 e. The van der Waals surface area contributed by atoms with Crippen molar-refractivity contribution in [2.75, 3.05) is 24.5 Å². The Morgan fingerprint density at radius 1 is 1.38 bits per heavy atom. The number of nitrogens with zero attached hydrogens (tertiary/aromatic N) is 1. The second kappa shape index (κ2) is 4.07. The van der Waals surface area contributed by atoms with E-state index in [1.807, 2.05) is 11.3 Å². The third-order valence-corrected chi connectivity index (χ3v) is 4.07. The Morgan fingerprint density at radius 2 is 2.31 bits per heavy atom. The minimum Gasteiger partial charge on any atom is -0.369 e. The van der Waals surface area contributed by atoms with Gasteiger partial charge in [-0.1, -0.05) is 0 Å². The summed E-state index contributed by atoms with van der Waals surface area (Å²) in [6, 6.07) is 9.59. The molecule has 1 saturated heterocycles. The predicted molar refractivity (Wildman–Crippen MR) is 71.5 cm³/mol. The van der Waals surface area contributed by atoms with E-state index in [0.29, 0.717) is 6.04 Å². The first-order valence-electron chi connectivity index (χ1n) is 5.78. The zero-order chi connectivity index (χ0) is 11.0.